The average molecular weight is 289 g/mol. The lowest BCUT2D eigenvalue weighted by Gasteiger charge is -2.34. The van der Waals surface area contributed by atoms with Crippen LogP contribution < -0.4 is 11.1 Å². The number of ether oxygens (including phenoxy) is 1. The Bertz CT molecular complexity index is 540. The molecule has 1 aromatic carbocycles. The number of hydrogen-bond donors (Lipinski definition) is 2. The number of rotatable bonds is 3. The number of nitrogen functional groups attached to an aromatic ring is 1. The Hall–Kier alpha value is -2.08. The van der Waals surface area contributed by atoms with Crippen LogP contribution in [0.2, 0.25) is 0 Å². The molecule has 2 fully saturated rings. The van der Waals surface area contributed by atoms with Gasteiger partial charge in [-0.3, -0.25) is 9.59 Å². The summed E-state index contributed by atoms with van der Waals surface area (Å²) in [4.78, 5) is 26.4. The largest absolute Gasteiger partial charge is 0.399 e. The molecule has 0 aromatic heterocycles. The molecular formula is C15H19N3O3. The van der Waals surface area contributed by atoms with Gasteiger partial charge in [-0.2, -0.15) is 0 Å². The minimum absolute atomic E-state index is 0.124. The highest BCUT2D eigenvalue weighted by Gasteiger charge is 2.35. The standard InChI is InChI=1S/C15H19N3O3/c16-11-3-1-10(2-4-11)15(20)18-7-8-21-9-13(18)14(19)17-12-5-6-12/h1-4,12-13H,5-9,16H2,(H,17,19). The predicted molar refractivity (Wildman–Crippen MR) is 77.7 cm³/mol. The van der Waals surface area contributed by atoms with Gasteiger partial charge in [-0.25, -0.2) is 0 Å². The minimum atomic E-state index is -0.551. The van der Waals surface area contributed by atoms with Gasteiger partial charge in [0.05, 0.1) is 13.2 Å². The van der Waals surface area contributed by atoms with Crippen LogP contribution in [0, 0.1) is 0 Å². The number of nitrogens with one attached hydrogen (secondary N) is 1. The van der Waals surface area contributed by atoms with E-state index in [2.05, 4.69) is 5.32 Å². The van der Waals surface area contributed by atoms with Crippen LogP contribution in [0.5, 0.6) is 0 Å². The highest BCUT2D eigenvalue weighted by Crippen LogP contribution is 2.20. The molecule has 1 heterocycles. The maximum absolute atomic E-state index is 12.6. The third-order valence-corrected chi connectivity index (χ3v) is 3.77. The molecule has 0 spiro atoms. The molecule has 1 saturated heterocycles. The van der Waals surface area contributed by atoms with Crippen molar-refractivity contribution in [3.63, 3.8) is 0 Å². The van der Waals surface area contributed by atoms with Gasteiger partial charge in [-0.05, 0) is 37.1 Å². The molecule has 1 unspecified atom stereocenters. The lowest BCUT2D eigenvalue weighted by molar-refractivity contribution is -0.130. The number of carbonyl (C=O) groups is 2. The summed E-state index contributed by atoms with van der Waals surface area (Å²) >= 11 is 0. The van der Waals surface area contributed by atoms with Gasteiger partial charge in [-0.1, -0.05) is 0 Å². The molecule has 1 atom stereocenters. The highest BCUT2D eigenvalue weighted by atomic mass is 16.5. The predicted octanol–water partition coefficient (Wildman–Crippen LogP) is 0.388. The zero-order valence-electron chi connectivity index (χ0n) is 11.7. The van der Waals surface area contributed by atoms with Crippen molar-refractivity contribution in [2.75, 3.05) is 25.5 Å². The van der Waals surface area contributed by atoms with Crippen LogP contribution in [0.25, 0.3) is 0 Å². The van der Waals surface area contributed by atoms with Crippen LogP contribution in [0.1, 0.15) is 23.2 Å². The van der Waals surface area contributed by atoms with Gasteiger partial charge in [-0.15, -0.1) is 0 Å². The van der Waals surface area contributed by atoms with Gasteiger partial charge in [0.15, 0.2) is 0 Å². The summed E-state index contributed by atoms with van der Waals surface area (Å²) < 4.78 is 5.37. The second-order valence-electron chi connectivity index (χ2n) is 5.49. The molecule has 0 bridgehead atoms. The number of morpholine rings is 1. The van der Waals surface area contributed by atoms with E-state index in [0.29, 0.717) is 24.4 Å². The van der Waals surface area contributed by atoms with Gasteiger partial charge < -0.3 is 20.7 Å². The summed E-state index contributed by atoms with van der Waals surface area (Å²) in [5, 5.41) is 2.94. The number of anilines is 1. The number of nitrogens with two attached hydrogens (primary N) is 1. The molecule has 6 heteroatoms. The first-order valence-electron chi connectivity index (χ1n) is 7.20. The number of amides is 2. The second kappa shape index (κ2) is 5.73. The van der Waals surface area contributed by atoms with Gasteiger partial charge in [0.25, 0.3) is 5.91 Å². The molecular weight excluding hydrogens is 270 g/mol. The van der Waals surface area contributed by atoms with Crippen molar-refractivity contribution in [1.29, 1.82) is 0 Å². The molecule has 112 valence electrons. The van der Waals surface area contributed by atoms with Crippen molar-refractivity contribution in [2.45, 2.75) is 24.9 Å². The topological polar surface area (TPSA) is 84.7 Å². The third-order valence-electron chi connectivity index (χ3n) is 3.77. The van der Waals surface area contributed by atoms with Crippen molar-refractivity contribution in [2.24, 2.45) is 0 Å². The molecule has 21 heavy (non-hydrogen) atoms. The van der Waals surface area contributed by atoms with Crippen molar-refractivity contribution in [3.05, 3.63) is 29.8 Å². The number of benzene rings is 1. The lowest BCUT2D eigenvalue weighted by atomic mass is 10.1. The van der Waals surface area contributed by atoms with E-state index in [1.54, 1.807) is 29.2 Å². The molecule has 1 aromatic rings. The summed E-state index contributed by atoms with van der Waals surface area (Å²) in [6.07, 6.45) is 2.04. The molecule has 3 rings (SSSR count). The van der Waals surface area contributed by atoms with Gasteiger partial charge in [0, 0.05) is 23.8 Å². The zero-order valence-corrected chi connectivity index (χ0v) is 11.7. The molecule has 1 aliphatic heterocycles. The van der Waals surface area contributed by atoms with Crippen LogP contribution in [-0.2, 0) is 9.53 Å². The van der Waals surface area contributed by atoms with E-state index < -0.39 is 6.04 Å². The number of carbonyl (C=O) groups excluding carboxylic acids is 2. The molecule has 1 aliphatic carbocycles. The summed E-state index contributed by atoms with van der Waals surface area (Å²) in [5.74, 6) is -0.282. The Labute approximate surface area is 123 Å². The maximum Gasteiger partial charge on any atom is 0.254 e. The Balaban J connectivity index is 1.74. The second-order valence-corrected chi connectivity index (χ2v) is 5.49. The van der Waals surface area contributed by atoms with E-state index in [1.165, 1.54) is 0 Å². The summed E-state index contributed by atoms with van der Waals surface area (Å²) in [5.41, 5.74) is 6.78. The molecule has 1 saturated carbocycles. The van der Waals surface area contributed by atoms with Crippen molar-refractivity contribution < 1.29 is 14.3 Å². The SMILES string of the molecule is Nc1ccc(C(=O)N2CCOCC2C(=O)NC2CC2)cc1. The fourth-order valence-electron chi connectivity index (χ4n) is 2.38. The summed E-state index contributed by atoms with van der Waals surface area (Å²) in [6.45, 7) is 1.12. The Kier molecular flexibility index (Phi) is 3.79. The first-order chi connectivity index (χ1) is 10.1. The number of hydrogen-bond acceptors (Lipinski definition) is 4. The smallest absolute Gasteiger partial charge is 0.254 e. The fraction of sp³-hybridized carbons (Fsp3) is 0.467. The molecule has 2 amide bonds. The number of nitrogens with zero attached hydrogens (tertiary/aromatic N) is 1. The van der Waals surface area contributed by atoms with Crippen LogP contribution in [-0.4, -0.2) is 48.6 Å². The molecule has 3 N–H and O–H groups in total. The van der Waals surface area contributed by atoms with E-state index in [1.807, 2.05) is 0 Å². The van der Waals surface area contributed by atoms with Crippen molar-refractivity contribution in [1.82, 2.24) is 10.2 Å². The fourth-order valence-corrected chi connectivity index (χ4v) is 2.38. The Morgan fingerprint density at radius 2 is 1.95 bits per heavy atom. The molecule has 2 aliphatic rings. The van der Waals surface area contributed by atoms with E-state index in [-0.39, 0.29) is 24.5 Å². The first-order valence-corrected chi connectivity index (χ1v) is 7.20. The minimum Gasteiger partial charge on any atom is -0.399 e. The monoisotopic (exact) mass is 289 g/mol. The van der Waals surface area contributed by atoms with Crippen LogP contribution >= 0.6 is 0 Å². The van der Waals surface area contributed by atoms with Crippen LogP contribution in [0.4, 0.5) is 5.69 Å². The van der Waals surface area contributed by atoms with E-state index in [4.69, 9.17) is 10.5 Å². The first kappa shape index (κ1) is 13.9. The van der Waals surface area contributed by atoms with Crippen molar-refractivity contribution >= 4 is 17.5 Å². The van der Waals surface area contributed by atoms with E-state index in [9.17, 15) is 9.59 Å². The highest BCUT2D eigenvalue weighted by molar-refractivity contribution is 5.98. The van der Waals surface area contributed by atoms with Crippen molar-refractivity contribution in [3.8, 4) is 0 Å². The third kappa shape index (κ3) is 3.16. The molecule has 0 radical (unpaired) electrons. The summed E-state index contributed by atoms with van der Waals surface area (Å²) in [7, 11) is 0. The molecule has 6 nitrogen and oxygen atoms in total. The zero-order chi connectivity index (χ0) is 14.8. The summed E-state index contributed by atoms with van der Waals surface area (Å²) in [6, 6.07) is 6.46. The van der Waals surface area contributed by atoms with Crippen LogP contribution in [0.3, 0.4) is 0 Å². The maximum atomic E-state index is 12.6. The Morgan fingerprint density at radius 1 is 1.24 bits per heavy atom. The van der Waals surface area contributed by atoms with E-state index >= 15 is 0 Å². The lowest BCUT2D eigenvalue weighted by Crippen LogP contribution is -2.56. The average Bonchev–Trinajstić information content (AvgIpc) is 3.31. The quantitative estimate of drug-likeness (QED) is 0.788. The normalized spacial score (nSPS) is 21.9. The van der Waals surface area contributed by atoms with Crippen LogP contribution in [0.15, 0.2) is 24.3 Å². The van der Waals surface area contributed by atoms with Gasteiger partial charge in [0.2, 0.25) is 5.91 Å². The Morgan fingerprint density at radius 3 is 2.62 bits per heavy atom. The van der Waals surface area contributed by atoms with Gasteiger partial charge >= 0.3 is 0 Å². The van der Waals surface area contributed by atoms with E-state index in [0.717, 1.165) is 12.8 Å². The van der Waals surface area contributed by atoms with Gasteiger partial charge in [0.1, 0.15) is 6.04 Å².